The Kier molecular flexibility index (Phi) is 3.76. The third kappa shape index (κ3) is 2.64. The predicted molar refractivity (Wildman–Crippen MR) is 48.6 cm³/mol. The van der Waals surface area contributed by atoms with E-state index in [1.165, 1.54) is 0 Å². The smallest absolute Gasteiger partial charge is 0.105 e. The lowest BCUT2D eigenvalue weighted by atomic mass is 10.4. The second-order valence-electron chi connectivity index (χ2n) is 2.73. The first-order chi connectivity index (χ1) is 5.84. The molecule has 0 aliphatic heterocycles. The highest BCUT2D eigenvalue weighted by atomic mass is 15.1. The molecule has 1 heterocycles. The Labute approximate surface area is 72.8 Å². The van der Waals surface area contributed by atoms with Gasteiger partial charge in [-0.3, -0.25) is 0 Å². The van der Waals surface area contributed by atoms with E-state index in [9.17, 15) is 0 Å². The maximum absolute atomic E-state index is 5.29. The van der Waals surface area contributed by atoms with Crippen LogP contribution in [0.4, 0.5) is 0 Å². The summed E-state index contributed by atoms with van der Waals surface area (Å²) in [5, 5.41) is 3.07. The van der Waals surface area contributed by atoms with E-state index in [1.54, 1.807) is 0 Å². The second-order valence-corrected chi connectivity index (χ2v) is 2.73. The van der Waals surface area contributed by atoms with Gasteiger partial charge in [-0.05, 0) is 19.9 Å². The third-order valence-electron chi connectivity index (χ3n) is 1.82. The van der Waals surface area contributed by atoms with Crippen LogP contribution in [0.2, 0.25) is 0 Å². The second kappa shape index (κ2) is 4.90. The number of hydrogen-bond donors (Lipinski definition) is 2. The quantitative estimate of drug-likeness (QED) is 0.484. The Bertz CT molecular complexity index is 219. The first-order valence-corrected chi connectivity index (χ1v) is 4.23. The minimum absolute atomic E-state index is 0.558. The highest BCUT2D eigenvalue weighted by molar-refractivity contribution is 4.87. The molecule has 1 rings (SSSR count). The van der Waals surface area contributed by atoms with E-state index < -0.39 is 0 Å². The summed E-state index contributed by atoms with van der Waals surface area (Å²) in [5.74, 6) is 1.07. The Morgan fingerprint density at radius 3 is 3.08 bits per heavy atom. The van der Waals surface area contributed by atoms with Gasteiger partial charge in [0.15, 0.2) is 0 Å². The molecule has 68 valence electrons. The molecule has 0 spiro atoms. The molecule has 12 heavy (non-hydrogen) atoms. The van der Waals surface area contributed by atoms with Crippen molar-refractivity contribution in [3.63, 3.8) is 0 Å². The van der Waals surface area contributed by atoms with E-state index in [0.717, 1.165) is 25.3 Å². The topological polar surface area (TPSA) is 55.9 Å². The Hall–Kier alpha value is -0.870. The van der Waals surface area contributed by atoms with Crippen LogP contribution in [-0.2, 0) is 6.54 Å². The van der Waals surface area contributed by atoms with Gasteiger partial charge in [-0.2, -0.15) is 0 Å². The normalized spacial score (nSPS) is 10.5. The summed E-state index contributed by atoms with van der Waals surface area (Å²) in [4.78, 5) is 4.13. The van der Waals surface area contributed by atoms with Crippen LogP contribution < -0.4 is 11.1 Å². The molecule has 0 saturated carbocycles. The molecular formula is C8H16N4. The van der Waals surface area contributed by atoms with E-state index in [4.69, 9.17) is 5.73 Å². The highest BCUT2D eigenvalue weighted by Gasteiger charge is 1.94. The third-order valence-corrected chi connectivity index (χ3v) is 1.82. The van der Waals surface area contributed by atoms with Crippen LogP contribution in [0.25, 0.3) is 0 Å². The molecule has 0 aliphatic carbocycles. The van der Waals surface area contributed by atoms with Crippen molar-refractivity contribution >= 4 is 0 Å². The summed E-state index contributed by atoms with van der Waals surface area (Å²) >= 11 is 0. The van der Waals surface area contributed by atoms with E-state index in [2.05, 4.69) is 14.9 Å². The minimum Gasteiger partial charge on any atom is -0.335 e. The molecule has 4 heteroatoms. The monoisotopic (exact) mass is 168 g/mol. The Morgan fingerprint density at radius 1 is 1.67 bits per heavy atom. The number of nitrogens with two attached hydrogens (primary N) is 1. The van der Waals surface area contributed by atoms with Gasteiger partial charge in [-0.1, -0.05) is 0 Å². The number of nitrogens with zero attached hydrogens (tertiary/aromatic N) is 2. The van der Waals surface area contributed by atoms with Crippen molar-refractivity contribution < 1.29 is 0 Å². The molecule has 0 bridgehead atoms. The molecule has 4 nitrogen and oxygen atoms in total. The fraction of sp³-hybridized carbons (Fsp3) is 0.625. The van der Waals surface area contributed by atoms with Crippen molar-refractivity contribution in [1.82, 2.24) is 14.9 Å². The maximum Gasteiger partial charge on any atom is 0.105 e. The zero-order valence-electron chi connectivity index (χ0n) is 7.45. The highest BCUT2D eigenvalue weighted by Crippen LogP contribution is 1.95. The zero-order chi connectivity index (χ0) is 8.81. The van der Waals surface area contributed by atoms with Gasteiger partial charge in [0.25, 0.3) is 0 Å². The molecule has 0 aromatic carbocycles. The SMILES string of the molecule is Cc1nccn1CCCNCN. The number of imidazole rings is 1. The van der Waals surface area contributed by atoms with Crippen molar-refractivity contribution in [1.29, 1.82) is 0 Å². The maximum atomic E-state index is 5.29. The molecule has 0 amide bonds. The van der Waals surface area contributed by atoms with Gasteiger partial charge in [-0.15, -0.1) is 0 Å². The first-order valence-electron chi connectivity index (χ1n) is 4.23. The Balaban J connectivity index is 2.20. The van der Waals surface area contributed by atoms with Gasteiger partial charge in [0.05, 0.1) is 0 Å². The number of aryl methyl sites for hydroxylation is 2. The van der Waals surface area contributed by atoms with Crippen molar-refractivity contribution in [2.45, 2.75) is 19.9 Å². The van der Waals surface area contributed by atoms with E-state index in [0.29, 0.717) is 6.67 Å². The fourth-order valence-corrected chi connectivity index (χ4v) is 1.12. The predicted octanol–water partition coefficient (Wildman–Crippen LogP) is 0.0874. The summed E-state index contributed by atoms with van der Waals surface area (Å²) < 4.78 is 2.14. The van der Waals surface area contributed by atoms with Crippen LogP contribution >= 0.6 is 0 Å². The van der Waals surface area contributed by atoms with Crippen molar-refractivity contribution in [2.75, 3.05) is 13.2 Å². The van der Waals surface area contributed by atoms with Crippen LogP contribution in [0.1, 0.15) is 12.2 Å². The van der Waals surface area contributed by atoms with Gasteiger partial charge in [0, 0.05) is 25.6 Å². The number of rotatable bonds is 5. The lowest BCUT2D eigenvalue weighted by Crippen LogP contribution is -2.24. The molecule has 0 unspecified atom stereocenters. The van der Waals surface area contributed by atoms with E-state index in [1.807, 2.05) is 19.3 Å². The summed E-state index contributed by atoms with van der Waals surface area (Å²) in [6, 6.07) is 0. The zero-order valence-corrected chi connectivity index (χ0v) is 7.45. The fourth-order valence-electron chi connectivity index (χ4n) is 1.12. The molecule has 0 atom stereocenters. The largest absolute Gasteiger partial charge is 0.335 e. The molecule has 0 fully saturated rings. The molecule has 1 aromatic heterocycles. The summed E-state index contributed by atoms with van der Waals surface area (Å²) in [7, 11) is 0. The van der Waals surface area contributed by atoms with E-state index in [-0.39, 0.29) is 0 Å². The van der Waals surface area contributed by atoms with Crippen molar-refractivity contribution in [3.05, 3.63) is 18.2 Å². The number of aromatic nitrogens is 2. The lowest BCUT2D eigenvalue weighted by molar-refractivity contribution is 0.578. The average molecular weight is 168 g/mol. The lowest BCUT2D eigenvalue weighted by Gasteiger charge is -2.04. The summed E-state index contributed by atoms with van der Waals surface area (Å²) in [5.41, 5.74) is 5.29. The molecule has 1 aromatic rings. The van der Waals surface area contributed by atoms with Gasteiger partial charge < -0.3 is 15.6 Å². The van der Waals surface area contributed by atoms with Crippen LogP contribution in [0.3, 0.4) is 0 Å². The van der Waals surface area contributed by atoms with Gasteiger partial charge in [0.1, 0.15) is 5.82 Å². The minimum atomic E-state index is 0.558. The molecule has 0 radical (unpaired) electrons. The number of nitrogens with one attached hydrogen (secondary N) is 1. The average Bonchev–Trinajstić information content (AvgIpc) is 2.46. The molecular weight excluding hydrogens is 152 g/mol. The van der Waals surface area contributed by atoms with Crippen molar-refractivity contribution in [2.24, 2.45) is 5.73 Å². The standard InChI is InChI=1S/C8H16N4/c1-8-11-4-6-12(8)5-2-3-10-7-9/h4,6,10H,2-3,5,7,9H2,1H3. The van der Waals surface area contributed by atoms with E-state index >= 15 is 0 Å². The van der Waals surface area contributed by atoms with Crippen molar-refractivity contribution in [3.8, 4) is 0 Å². The van der Waals surface area contributed by atoms with Gasteiger partial charge in [-0.25, -0.2) is 4.98 Å². The molecule has 3 N–H and O–H groups in total. The Morgan fingerprint density at radius 2 is 2.50 bits per heavy atom. The first kappa shape index (κ1) is 9.22. The van der Waals surface area contributed by atoms with Crippen LogP contribution in [0.15, 0.2) is 12.4 Å². The molecule has 0 aliphatic rings. The van der Waals surface area contributed by atoms with Gasteiger partial charge in [0.2, 0.25) is 0 Å². The summed E-state index contributed by atoms with van der Waals surface area (Å²) in [6.07, 6.45) is 4.91. The summed E-state index contributed by atoms with van der Waals surface area (Å²) in [6.45, 7) is 4.55. The van der Waals surface area contributed by atoms with Crippen LogP contribution in [-0.4, -0.2) is 22.8 Å². The van der Waals surface area contributed by atoms with Gasteiger partial charge >= 0.3 is 0 Å². The van der Waals surface area contributed by atoms with Crippen LogP contribution in [0, 0.1) is 6.92 Å². The molecule has 0 saturated heterocycles. The number of hydrogen-bond acceptors (Lipinski definition) is 3. The van der Waals surface area contributed by atoms with Crippen LogP contribution in [0.5, 0.6) is 0 Å².